The number of carbonyl (C=O) groups is 2. The second-order valence-electron chi connectivity index (χ2n) is 8.30. The third kappa shape index (κ3) is 2.68. The van der Waals surface area contributed by atoms with Crippen LogP contribution in [-0.2, 0) is 15.7 Å². The van der Waals surface area contributed by atoms with E-state index in [0.29, 0.717) is 44.4 Å². The zero-order chi connectivity index (χ0) is 19.0. The smallest absolute Gasteiger partial charge is 0.416 e. The number of nitrogens with one attached hydrogen (secondary N) is 1. The summed E-state index contributed by atoms with van der Waals surface area (Å²) in [6, 6.07) is 5.41. The van der Waals surface area contributed by atoms with E-state index in [0.717, 1.165) is 17.7 Å². The van der Waals surface area contributed by atoms with Crippen LogP contribution in [0.2, 0.25) is 0 Å². The van der Waals surface area contributed by atoms with Gasteiger partial charge in [0.15, 0.2) is 0 Å². The molecule has 0 aromatic heterocycles. The second-order valence-corrected chi connectivity index (χ2v) is 8.30. The first kappa shape index (κ1) is 16.9. The van der Waals surface area contributed by atoms with Crippen LogP contribution < -0.4 is 5.32 Å². The number of amides is 2. The highest BCUT2D eigenvalue weighted by molar-refractivity contribution is 5.82. The number of nitrogens with zero attached hydrogens (tertiary/aromatic N) is 1. The maximum atomic E-state index is 12.7. The Bertz CT molecular complexity index is 789. The fourth-order valence-corrected chi connectivity index (χ4v) is 5.12. The van der Waals surface area contributed by atoms with Gasteiger partial charge in [0.25, 0.3) is 0 Å². The summed E-state index contributed by atoms with van der Waals surface area (Å²) in [7, 11) is 0. The zero-order valence-corrected chi connectivity index (χ0v) is 14.5. The lowest BCUT2D eigenvalue weighted by Crippen LogP contribution is -2.58. The molecule has 1 spiro atoms. The summed E-state index contributed by atoms with van der Waals surface area (Å²) >= 11 is 0. The van der Waals surface area contributed by atoms with E-state index in [9.17, 15) is 22.8 Å². The Hall–Kier alpha value is -2.25. The number of carbonyl (C=O) groups excluding carboxylic acids is 2. The molecule has 8 heteroatoms. The highest BCUT2D eigenvalue weighted by atomic mass is 19.4. The number of piperidine rings is 1. The van der Waals surface area contributed by atoms with Gasteiger partial charge in [-0.2, -0.15) is 13.2 Å². The molecule has 1 N–H and O–H groups in total. The molecule has 27 heavy (non-hydrogen) atoms. The van der Waals surface area contributed by atoms with Gasteiger partial charge in [0.05, 0.1) is 11.1 Å². The summed E-state index contributed by atoms with van der Waals surface area (Å²) in [5.74, 6) is 0.990. The average Bonchev–Trinajstić information content (AvgIpc) is 2.93. The maximum absolute atomic E-state index is 12.7. The number of fused-ring (bicyclic) bond motifs is 1. The SMILES string of the molecule is O=C1N[C@]2(CO1)C[C@H](C(=O)N1C[C@@H]3[C@H](C1)[C@H]3c1ccc(C(F)(F)F)cc1)C2. The highest BCUT2D eigenvalue weighted by Crippen LogP contribution is 2.58. The molecule has 2 aliphatic heterocycles. The minimum atomic E-state index is -4.31. The Morgan fingerprint density at radius 2 is 1.78 bits per heavy atom. The number of hydrogen-bond donors (Lipinski definition) is 1. The predicted molar refractivity (Wildman–Crippen MR) is 87.7 cm³/mol. The van der Waals surface area contributed by atoms with Gasteiger partial charge < -0.3 is 15.0 Å². The second kappa shape index (κ2) is 5.39. The van der Waals surface area contributed by atoms with Gasteiger partial charge in [-0.3, -0.25) is 4.79 Å². The number of rotatable bonds is 2. The molecular formula is C19H19F3N2O3. The summed E-state index contributed by atoms with van der Waals surface area (Å²) in [5.41, 5.74) is -0.0581. The molecule has 1 aromatic carbocycles. The molecule has 0 radical (unpaired) electrons. The van der Waals surface area contributed by atoms with Crippen molar-refractivity contribution in [3.8, 4) is 0 Å². The van der Waals surface area contributed by atoms with Crippen LogP contribution in [0, 0.1) is 17.8 Å². The predicted octanol–water partition coefficient (Wildman–Crippen LogP) is 2.77. The molecule has 1 aromatic rings. The van der Waals surface area contributed by atoms with Gasteiger partial charge in [-0.25, -0.2) is 4.79 Å². The number of likely N-dealkylation sites (tertiary alicyclic amines) is 1. The van der Waals surface area contributed by atoms with Crippen LogP contribution in [0.1, 0.15) is 29.9 Å². The molecule has 144 valence electrons. The first-order chi connectivity index (χ1) is 12.8. The number of alkyl carbamates (subject to hydrolysis) is 1. The van der Waals surface area contributed by atoms with Crippen LogP contribution in [0.5, 0.6) is 0 Å². The number of benzene rings is 1. The lowest BCUT2D eigenvalue weighted by molar-refractivity contribution is -0.140. The van der Waals surface area contributed by atoms with Crippen molar-refractivity contribution in [1.82, 2.24) is 10.2 Å². The first-order valence-corrected chi connectivity index (χ1v) is 9.17. The molecule has 2 aliphatic carbocycles. The van der Waals surface area contributed by atoms with Gasteiger partial charge in [0.1, 0.15) is 6.61 Å². The van der Waals surface area contributed by atoms with Gasteiger partial charge in [-0.1, -0.05) is 12.1 Å². The number of cyclic esters (lactones) is 1. The molecule has 0 unspecified atom stereocenters. The molecule has 2 heterocycles. The number of ether oxygens (including phenoxy) is 1. The molecule has 4 fully saturated rings. The van der Waals surface area contributed by atoms with Gasteiger partial charge in [-0.15, -0.1) is 0 Å². The standard InChI is InChI=1S/C19H19F3N2O3/c20-19(21,22)12-3-1-10(2-4-12)15-13-7-24(8-14(13)15)16(25)11-5-18(6-11)9-27-17(26)23-18/h1-4,11,13-15H,5-9H2,(H,23,26)/t11-,13-,14+,15+,18+. The van der Waals surface area contributed by atoms with Crippen molar-refractivity contribution in [2.45, 2.75) is 30.5 Å². The van der Waals surface area contributed by atoms with E-state index in [2.05, 4.69) is 5.32 Å². The number of alkyl halides is 3. The van der Waals surface area contributed by atoms with Crippen molar-refractivity contribution in [2.75, 3.05) is 19.7 Å². The molecule has 0 bridgehead atoms. The molecule has 4 aliphatic rings. The minimum Gasteiger partial charge on any atom is -0.447 e. The lowest BCUT2D eigenvalue weighted by Gasteiger charge is -2.43. The largest absolute Gasteiger partial charge is 0.447 e. The summed E-state index contributed by atoms with van der Waals surface area (Å²) in [4.78, 5) is 25.7. The monoisotopic (exact) mass is 380 g/mol. The van der Waals surface area contributed by atoms with Crippen molar-refractivity contribution in [3.63, 3.8) is 0 Å². The molecular weight excluding hydrogens is 361 g/mol. The lowest BCUT2D eigenvalue weighted by atomic mass is 9.68. The third-order valence-electron chi connectivity index (χ3n) is 6.60. The third-order valence-corrected chi connectivity index (χ3v) is 6.60. The molecule has 5 nitrogen and oxygen atoms in total. The average molecular weight is 380 g/mol. The van der Waals surface area contributed by atoms with Crippen LogP contribution in [0.25, 0.3) is 0 Å². The summed E-state index contributed by atoms with van der Waals surface area (Å²) in [5, 5.41) is 2.79. The zero-order valence-electron chi connectivity index (χ0n) is 14.5. The summed E-state index contributed by atoms with van der Waals surface area (Å²) < 4.78 is 43.0. The van der Waals surface area contributed by atoms with Crippen molar-refractivity contribution in [3.05, 3.63) is 35.4 Å². The van der Waals surface area contributed by atoms with Gasteiger partial charge in [0, 0.05) is 19.0 Å². The molecule has 2 saturated heterocycles. The van der Waals surface area contributed by atoms with E-state index in [1.165, 1.54) is 0 Å². The number of halogens is 3. The van der Waals surface area contributed by atoms with E-state index >= 15 is 0 Å². The molecule has 2 saturated carbocycles. The summed E-state index contributed by atoms with van der Waals surface area (Å²) in [6.07, 6.45) is -3.49. The van der Waals surface area contributed by atoms with E-state index in [-0.39, 0.29) is 23.3 Å². The van der Waals surface area contributed by atoms with Crippen LogP contribution in [-0.4, -0.2) is 42.1 Å². The van der Waals surface area contributed by atoms with Crippen LogP contribution in [0.4, 0.5) is 18.0 Å². The normalized spacial score (nSPS) is 36.9. The number of hydrogen-bond acceptors (Lipinski definition) is 3. The first-order valence-electron chi connectivity index (χ1n) is 9.17. The molecule has 5 rings (SSSR count). The fourth-order valence-electron chi connectivity index (χ4n) is 5.12. The van der Waals surface area contributed by atoms with Gasteiger partial charge in [0.2, 0.25) is 5.91 Å². The van der Waals surface area contributed by atoms with Gasteiger partial charge in [-0.05, 0) is 48.3 Å². The Labute approximate surface area is 153 Å². The van der Waals surface area contributed by atoms with Gasteiger partial charge >= 0.3 is 12.3 Å². The van der Waals surface area contributed by atoms with E-state index in [1.54, 1.807) is 12.1 Å². The molecule has 3 atom stereocenters. The van der Waals surface area contributed by atoms with Crippen molar-refractivity contribution in [1.29, 1.82) is 0 Å². The Morgan fingerprint density at radius 3 is 2.30 bits per heavy atom. The quantitative estimate of drug-likeness (QED) is 0.858. The van der Waals surface area contributed by atoms with Crippen LogP contribution >= 0.6 is 0 Å². The van der Waals surface area contributed by atoms with Crippen LogP contribution in [0.3, 0.4) is 0 Å². The van der Waals surface area contributed by atoms with Crippen molar-refractivity contribution in [2.24, 2.45) is 17.8 Å². The highest BCUT2D eigenvalue weighted by Gasteiger charge is 2.59. The van der Waals surface area contributed by atoms with Crippen molar-refractivity contribution < 1.29 is 27.5 Å². The van der Waals surface area contributed by atoms with Crippen molar-refractivity contribution >= 4 is 12.0 Å². The Balaban J connectivity index is 1.16. The fraction of sp³-hybridized carbons (Fsp3) is 0.579. The topological polar surface area (TPSA) is 58.6 Å². The van der Waals surface area contributed by atoms with E-state index in [4.69, 9.17) is 4.74 Å². The Morgan fingerprint density at radius 1 is 1.15 bits per heavy atom. The molecule has 2 amide bonds. The van der Waals surface area contributed by atoms with E-state index in [1.807, 2.05) is 4.90 Å². The van der Waals surface area contributed by atoms with E-state index < -0.39 is 17.8 Å². The van der Waals surface area contributed by atoms with Crippen LogP contribution in [0.15, 0.2) is 24.3 Å². The maximum Gasteiger partial charge on any atom is 0.416 e. The minimum absolute atomic E-state index is 0.0750. The summed E-state index contributed by atoms with van der Waals surface area (Å²) in [6.45, 7) is 1.67. The Kier molecular flexibility index (Phi) is 3.37.